The van der Waals surface area contributed by atoms with Crippen molar-refractivity contribution in [2.45, 2.75) is 51.8 Å². The number of amides is 1. The number of hydrogen-bond acceptors (Lipinski definition) is 4. The Labute approximate surface area is 111 Å². The molecule has 0 aromatic carbocycles. The van der Waals surface area contributed by atoms with Crippen LogP contribution in [0.15, 0.2) is 0 Å². The fourth-order valence-electron chi connectivity index (χ4n) is 1.60. The number of rotatable bonds is 9. The molecule has 2 atom stereocenters. The molecule has 6 heteroatoms. The van der Waals surface area contributed by atoms with Crippen LogP contribution in [0.4, 0.5) is 0 Å². The maximum atomic E-state index is 11.9. The Morgan fingerprint density at radius 2 is 1.83 bits per heavy atom. The van der Waals surface area contributed by atoms with Crippen LogP contribution in [0.3, 0.4) is 0 Å². The van der Waals surface area contributed by atoms with Gasteiger partial charge in [0, 0.05) is 19.1 Å². The van der Waals surface area contributed by atoms with Gasteiger partial charge in [0.1, 0.15) is 5.75 Å². The molecule has 5 nitrogen and oxygen atoms in total. The molecule has 0 saturated carbocycles. The second kappa shape index (κ2) is 8.48. The SMILES string of the molecule is CCCC(C)NCC(C)S(=O)(=O)CC(=O)NCC. The molecule has 0 rings (SSSR count). The first-order valence-electron chi connectivity index (χ1n) is 6.55. The summed E-state index contributed by atoms with van der Waals surface area (Å²) in [6.07, 6.45) is 2.08. The molecule has 0 aromatic heterocycles. The monoisotopic (exact) mass is 278 g/mol. The summed E-state index contributed by atoms with van der Waals surface area (Å²) >= 11 is 0. The van der Waals surface area contributed by atoms with Crippen molar-refractivity contribution in [3.63, 3.8) is 0 Å². The molecule has 2 N–H and O–H groups in total. The molecular weight excluding hydrogens is 252 g/mol. The molecule has 2 unspecified atom stereocenters. The molecule has 0 aromatic rings. The van der Waals surface area contributed by atoms with E-state index in [1.807, 2.05) is 6.92 Å². The van der Waals surface area contributed by atoms with Crippen molar-refractivity contribution < 1.29 is 13.2 Å². The predicted molar refractivity (Wildman–Crippen MR) is 74.3 cm³/mol. The van der Waals surface area contributed by atoms with Gasteiger partial charge in [0.2, 0.25) is 5.91 Å². The van der Waals surface area contributed by atoms with Gasteiger partial charge >= 0.3 is 0 Å². The first-order valence-corrected chi connectivity index (χ1v) is 8.26. The number of sulfone groups is 1. The third-order valence-electron chi connectivity index (χ3n) is 2.79. The third kappa shape index (κ3) is 6.96. The summed E-state index contributed by atoms with van der Waals surface area (Å²) in [4.78, 5) is 11.3. The Morgan fingerprint density at radius 3 is 2.33 bits per heavy atom. The van der Waals surface area contributed by atoms with Crippen LogP contribution >= 0.6 is 0 Å². The van der Waals surface area contributed by atoms with Gasteiger partial charge in [-0.05, 0) is 27.2 Å². The smallest absolute Gasteiger partial charge is 0.235 e. The molecule has 1 amide bonds. The van der Waals surface area contributed by atoms with E-state index >= 15 is 0 Å². The van der Waals surface area contributed by atoms with Gasteiger partial charge in [-0.3, -0.25) is 4.79 Å². The van der Waals surface area contributed by atoms with Gasteiger partial charge in [-0.1, -0.05) is 13.3 Å². The molecule has 0 spiro atoms. The molecule has 0 saturated heterocycles. The zero-order chi connectivity index (χ0) is 14.2. The van der Waals surface area contributed by atoms with Crippen molar-refractivity contribution in [2.24, 2.45) is 0 Å². The van der Waals surface area contributed by atoms with Gasteiger partial charge in [0.15, 0.2) is 9.84 Å². The normalized spacial score (nSPS) is 15.1. The van der Waals surface area contributed by atoms with E-state index in [0.717, 1.165) is 12.8 Å². The van der Waals surface area contributed by atoms with E-state index in [1.54, 1.807) is 13.8 Å². The zero-order valence-electron chi connectivity index (χ0n) is 11.8. The van der Waals surface area contributed by atoms with E-state index in [4.69, 9.17) is 0 Å². The molecule has 108 valence electrons. The van der Waals surface area contributed by atoms with E-state index in [-0.39, 0.29) is 0 Å². The molecule has 0 aliphatic carbocycles. The highest BCUT2D eigenvalue weighted by atomic mass is 32.2. The van der Waals surface area contributed by atoms with Crippen LogP contribution in [0.2, 0.25) is 0 Å². The molecule has 0 fully saturated rings. The fraction of sp³-hybridized carbons (Fsp3) is 0.917. The first kappa shape index (κ1) is 17.4. The Kier molecular flexibility index (Phi) is 8.18. The summed E-state index contributed by atoms with van der Waals surface area (Å²) in [6, 6.07) is 0.303. The minimum atomic E-state index is -3.37. The Hall–Kier alpha value is -0.620. The van der Waals surface area contributed by atoms with Gasteiger partial charge in [-0.15, -0.1) is 0 Å². The highest BCUT2D eigenvalue weighted by molar-refractivity contribution is 7.92. The summed E-state index contributed by atoms with van der Waals surface area (Å²) in [6.45, 7) is 8.37. The molecule has 18 heavy (non-hydrogen) atoms. The minimum Gasteiger partial charge on any atom is -0.356 e. The van der Waals surface area contributed by atoms with Gasteiger partial charge in [0.25, 0.3) is 0 Å². The summed E-state index contributed by atoms with van der Waals surface area (Å²) in [5.74, 6) is -0.850. The number of nitrogens with one attached hydrogen (secondary N) is 2. The van der Waals surface area contributed by atoms with Crippen molar-refractivity contribution >= 4 is 15.7 Å². The summed E-state index contributed by atoms with van der Waals surface area (Å²) < 4.78 is 23.8. The lowest BCUT2D eigenvalue weighted by Crippen LogP contribution is -2.40. The average Bonchev–Trinajstić information content (AvgIpc) is 2.25. The number of carbonyl (C=O) groups excluding carboxylic acids is 1. The van der Waals surface area contributed by atoms with Crippen LogP contribution in [0, 0.1) is 0 Å². The molecule has 0 bridgehead atoms. The second-order valence-corrected chi connectivity index (χ2v) is 7.09. The van der Waals surface area contributed by atoms with Crippen LogP contribution in [-0.2, 0) is 14.6 Å². The maximum absolute atomic E-state index is 11.9. The lowest BCUT2D eigenvalue weighted by atomic mass is 10.2. The van der Waals surface area contributed by atoms with E-state index in [0.29, 0.717) is 19.1 Å². The lowest BCUT2D eigenvalue weighted by molar-refractivity contribution is -0.118. The standard InChI is InChI=1S/C12H26N2O3S/c1-5-7-10(3)14-8-11(4)18(16,17)9-12(15)13-6-2/h10-11,14H,5-9H2,1-4H3,(H,13,15). The lowest BCUT2D eigenvalue weighted by Gasteiger charge is -2.17. The maximum Gasteiger partial charge on any atom is 0.235 e. The van der Waals surface area contributed by atoms with E-state index in [1.165, 1.54) is 0 Å². The van der Waals surface area contributed by atoms with Gasteiger partial charge in [-0.25, -0.2) is 8.42 Å². The Morgan fingerprint density at radius 1 is 1.22 bits per heavy atom. The van der Waals surface area contributed by atoms with Crippen LogP contribution < -0.4 is 10.6 Å². The quantitative estimate of drug-likeness (QED) is 0.651. The van der Waals surface area contributed by atoms with E-state index in [9.17, 15) is 13.2 Å². The van der Waals surface area contributed by atoms with Gasteiger partial charge < -0.3 is 10.6 Å². The largest absolute Gasteiger partial charge is 0.356 e. The first-order chi connectivity index (χ1) is 8.33. The average molecular weight is 278 g/mol. The van der Waals surface area contributed by atoms with Crippen LogP contribution in [0.25, 0.3) is 0 Å². The van der Waals surface area contributed by atoms with Crippen molar-refractivity contribution in [1.82, 2.24) is 10.6 Å². The predicted octanol–water partition coefficient (Wildman–Crippen LogP) is 0.704. The van der Waals surface area contributed by atoms with Gasteiger partial charge in [0.05, 0.1) is 5.25 Å². The molecule has 0 aliphatic heterocycles. The zero-order valence-corrected chi connectivity index (χ0v) is 12.6. The van der Waals surface area contributed by atoms with Crippen molar-refractivity contribution in [3.8, 4) is 0 Å². The molecular formula is C12H26N2O3S. The molecule has 0 radical (unpaired) electrons. The molecule has 0 heterocycles. The topological polar surface area (TPSA) is 75.3 Å². The van der Waals surface area contributed by atoms with Crippen LogP contribution in [0.5, 0.6) is 0 Å². The van der Waals surface area contributed by atoms with Crippen LogP contribution in [0.1, 0.15) is 40.5 Å². The van der Waals surface area contributed by atoms with Crippen molar-refractivity contribution in [2.75, 3.05) is 18.8 Å². The van der Waals surface area contributed by atoms with E-state index in [2.05, 4.69) is 17.6 Å². The van der Waals surface area contributed by atoms with Crippen molar-refractivity contribution in [3.05, 3.63) is 0 Å². The second-order valence-electron chi connectivity index (χ2n) is 4.67. The van der Waals surface area contributed by atoms with E-state index < -0.39 is 26.7 Å². The minimum absolute atomic E-state index is 0.303. The summed E-state index contributed by atoms with van der Waals surface area (Å²) in [5, 5.41) is 5.14. The van der Waals surface area contributed by atoms with Crippen molar-refractivity contribution in [1.29, 1.82) is 0 Å². The highest BCUT2D eigenvalue weighted by Crippen LogP contribution is 2.03. The fourth-order valence-corrected chi connectivity index (χ4v) is 2.70. The third-order valence-corrected chi connectivity index (χ3v) is 4.85. The number of carbonyl (C=O) groups is 1. The van der Waals surface area contributed by atoms with Crippen LogP contribution in [-0.4, -0.2) is 44.5 Å². The number of hydrogen-bond donors (Lipinski definition) is 2. The van der Waals surface area contributed by atoms with Gasteiger partial charge in [-0.2, -0.15) is 0 Å². The molecule has 0 aliphatic rings. The summed E-state index contributed by atoms with van der Waals surface area (Å²) in [5.41, 5.74) is 0. The highest BCUT2D eigenvalue weighted by Gasteiger charge is 2.24. The Bertz CT molecular complexity index is 341. The summed E-state index contributed by atoms with van der Waals surface area (Å²) in [7, 11) is -3.37. The Balaban J connectivity index is 4.22.